The van der Waals surface area contributed by atoms with Crippen molar-refractivity contribution < 1.29 is 9.53 Å². The first-order chi connectivity index (χ1) is 13.9. The molecular formula is C24H27ClN2O2. The molecule has 29 heavy (non-hydrogen) atoms. The van der Waals surface area contributed by atoms with Gasteiger partial charge >= 0.3 is 0 Å². The molecule has 1 aliphatic carbocycles. The van der Waals surface area contributed by atoms with Crippen LogP contribution in [0.15, 0.2) is 42.5 Å². The highest BCUT2D eigenvalue weighted by atomic mass is 35.5. The molecule has 2 aromatic carbocycles. The van der Waals surface area contributed by atoms with E-state index in [-0.39, 0.29) is 18.1 Å². The van der Waals surface area contributed by atoms with E-state index in [0.717, 1.165) is 32.1 Å². The van der Waals surface area contributed by atoms with Crippen LogP contribution in [0.3, 0.4) is 0 Å². The van der Waals surface area contributed by atoms with Crippen LogP contribution in [0.25, 0.3) is 0 Å². The predicted octanol–water partition coefficient (Wildman–Crippen LogP) is 5.53. The smallest absolute Gasteiger partial charge is 0.251 e. The Kier molecular flexibility index (Phi) is 7.17. The molecule has 0 heterocycles. The lowest BCUT2D eigenvalue weighted by Gasteiger charge is -2.29. The zero-order valence-corrected chi connectivity index (χ0v) is 17.7. The molecule has 0 atom stereocenters. The molecule has 4 nitrogen and oxygen atoms in total. The first-order valence-corrected chi connectivity index (χ1v) is 10.6. The van der Waals surface area contributed by atoms with Crippen molar-refractivity contribution in [2.45, 2.75) is 58.1 Å². The minimum Gasteiger partial charge on any atom is -0.490 e. The van der Waals surface area contributed by atoms with Crippen molar-refractivity contribution in [2.75, 3.05) is 0 Å². The standard InChI is InChI=1S/C24H27ClN2O2/c1-16(2)13-17-3-5-18(6-4-17)24(28)27-20-8-11-21(12-9-20)29-22-10-7-19(15-26)23(25)14-22/h3-7,10,14,16,20-21H,8-9,11-13H2,1-2H3,(H,27,28). The third-order valence-electron chi connectivity index (χ3n) is 5.23. The Balaban J connectivity index is 1.47. The summed E-state index contributed by atoms with van der Waals surface area (Å²) < 4.78 is 6.01. The minimum absolute atomic E-state index is 0.00987. The molecule has 1 aliphatic rings. The van der Waals surface area contributed by atoms with Crippen LogP contribution in [0.5, 0.6) is 5.75 Å². The van der Waals surface area contributed by atoms with Gasteiger partial charge in [-0.3, -0.25) is 4.79 Å². The van der Waals surface area contributed by atoms with Crippen molar-refractivity contribution in [3.8, 4) is 11.8 Å². The normalized spacial score (nSPS) is 18.9. The van der Waals surface area contributed by atoms with E-state index in [2.05, 4.69) is 19.2 Å². The lowest BCUT2D eigenvalue weighted by atomic mass is 9.92. The fraction of sp³-hybridized carbons (Fsp3) is 0.417. The van der Waals surface area contributed by atoms with Crippen LogP contribution in [0.1, 0.15) is 61.0 Å². The molecule has 0 spiro atoms. The molecule has 2 aromatic rings. The average molecular weight is 411 g/mol. The molecule has 0 unspecified atom stereocenters. The molecule has 5 heteroatoms. The SMILES string of the molecule is CC(C)Cc1ccc(C(=O)NC2CCC(Oc3ccc(C#N)c(Cl)c3)CC2)cc1. The van der Waals surface area contributed by atoms with Crippen LogP contribution in [-0.2, 0) is 6.42 Å². The van der Waals surface area contributed by atoms with Crippen LogP contribution >= 0.6 is 11.6 Å². The molecule has 0 aliphatic heterocycles. The Labute approximate surface area is 177 Å². The second-order valence-corrected chi connectivity index (χ2v) is 8.52. The van der Waals surface area contributed by atoms with E-state index < -0.39 is 0 Å². The van der Waals surface area contributed by atoms with E-state index >= 15 is 0 Å². The molecule has 1 fully saturated rings. The van der Waals surface area contributed by atoms with Crippen LogP contribution in [0.4, 0.5) is 0 Å². The Hall–Kier alpha value is -2.51. The highest BCUT2D eigenvalue weighted by molar-refractivity contribution is 6.31. The minimum atomic E-state index is -0.00987. The number of benzene rings is 2. The van der Waals surface area contributed by atoms with Gasteiger partial charge in [0.15, 0.2) is 0 Å². The molecule has 3 rings (SSSR count). The summed E-state index contributed by atoms with van der Waals surface area (Å²) in [5.74, 6) is 1.28. The second kappa shape index (κ2) is 9.80. The number of carbonyl (C=O) groups excluding carboxylic acids is 1. The maximum atomic E-state index is 12.5. The monoisotopic (exact) mass is 410 g/mol. The largest absolute Gasteiger partial charge is 0.490 e. The maximum absolute atomic E-state index is 12.5. The summed E-state index contributed by atoms with van der Waals surface area (Å²) in [6.07, 6.45) is 4.63. The van der Waals surface area contributed by atoms with E-state index in [1.165, 1.54) is 5.56 Å². The number of ether oxygens (including phenoxy) is 1. The lowest BCUT2D eigenvalue weighted by molar-refractivity contribution is 0.0894. The van der Waals surface area contributed by atoms with Gasteiger partial charge in [-0.05, 0) is 67.9 Å². The van der Waals surface area contributed by atoms with E-state index in [0.29, 0.717) is 27.8 Å². The highest BCUT2D eigenvalue weighted by Gasteiger charge is 2.24. The van der Waals surface area contributed by atoms with Gasteiger partial charge in [0, 0.05) is 17.7 Å². The summed E-state index contributed by atoms with van der Waals surface area (Å²) in [5.41, 5.74) is 2.42. The van der Waals surface area contributed by atoms with Crippen molar-refractivity contribution in [2.24, 2.45) is 5.92 Å². The molecule has 1 N–H and O–H groups in total. The summed E-state index contributed by atoms with van der Waals surface area (Å²) in [4.78, 5) is 12.5. The van der Waals surface area contributed by atoms with Gasteiger partial charge in [-0.1, -0.05) is 37.6 Å². The second-order valence-electron chi connectivity index (χ2n) is 8.11. The Morgan fingerprint density at radius 3 is 2.45 bits per heavy atom. The number of nitrogens with zero attached hydrogens (tertiary/aromatic N) is 1. The summed E-state index contributed by atoms with van der Waals surface area (Å²) >= 11 is 6.07. The topological polar surface area (TPSA) is 62.1 Å². The number of hydrogen-bond donors (Lipinski definition) is 1. The molecule has 1 amide bonds. The third-order valence-corrected chi connectivity index (χ3v) is 5.55. The third kappa shape index (κ3) is 5.98. The molecular weight excluding hydrogens is 384 g/mol. The Morgan fingerprint density at radius 2 is 1.86 bits per heavy atom. The van der Waals surface area contributed by atoms with Crippen LogP contribution in [-0.4, -0.2) is 18.1 Å². The van der Waals surface area contributed by atoms with Crippen LogP contribution in [0.2, 0.25) is 5.02 Å². The van der Waals surface area contributed by atoms with Gasteiger partial charge in [-0.25, -0.2) is 0 Å². The van der Waals surface area contributed by atoms with Gasteiger partial charge < -0.3 is 10.1 Å². The number of nitriles is 1. The van der Waals surface area contributed by atoms with Gasteiger partial charge in [0.25, 0.3) is 5.91 Å². The molecule has 152 valence electrons. The number of carbonyl (C=O) groups is 1. The predicted molar refractivity (Wildman–Crippen MR) is 115 cm³/mol. The van der Waals surface area contributed by atoms with Gasteiger partial charge in [0.05, 0.1) is 16.7 Å². The fourth-order valence-corrected chi connectivity index (χ4v) is 3.92. The van der Waals surface area contributed by atoms with Gasteiger partial charge in [-0.2, -0.15) is 5.26 Å². The molecule has 0 aromatic heterocycles. The zero-order chi connectivity index (χ0) is 20.8. The average Bonchev–Trinajstić information content (AvgIpc) is 2.70. The Morgan fingerprint density at radius 1 is 1.17 bits per heavy atom. The van der Waals surface area contributed by atoms with Crippen LogP contribution < -0.4 is 10.1 Å². The van der Waals surface area contributed by atoms with Crippen molar-refractivity contribution in [3.63, 3.8) is 0 Å². The van der Waals surface area contributed by atoms with E-state index in [9.17, 15) is 4.79 Å². The lowest BCUT2D eigenvalue weighted by Crippen LogP contribution is -2.39. The van der Waals surface area contributed by atoms with Crippen molar-refractivity contribution in [3.05, 3.63) is 64.2 Å². The van der Waals surface area contributed by atoms with Crippen LogP contribution in [0, 0.1) is 17.2 Å². The molecule has 0 radical (unpaired) electrons. The zero-order valence-electron chi connectivity index (χ0n) is 17.0. The van der Waals surface area contributed by atoms with Crippen molar-refractivity contribution in [1.82, 2.24) is 5.32 Å². The number of rotatable bonds is 6. The number of amides is 1. The van der Waals surface area contributed by atoms with Gasteiger partial charge in [-0.15, -0.1) is 0 Å². The van der Waals surface area contributed by atoms with E-state index in [1.807, 2.05) is 30.3 Å². The summed E-state index contributed by atoms with van der Waals surface area (Å²) in [6, 6.07) is 15.3. The quantitative estimate of drug-likeness (QED) is 0.680. The molecule has 1 saturated carbocycles. The highest BCUT2D eigenvalue weighted by Crippen LogP contribution is 2.27. The van der Waals surface area contributed by atoms with Gasteiger partial charge in [0.1, 0.15) is 11.8 Å². The molecule has 0 saturated heterocycles. The van der Waals surface area contributed by atoms with E-state index in [1.54, 1.807) is 18.2 Å². The summed E-state index contributed by atoms with van der Waals surface area (Å²) in [5, 5.41) is 12.5. The van der Waals surface area contributed by atoms with E-state index in [4.69, 9.17) is 21.6 Å². The maximum Gasteiger partial charge on any atom is 0.251 e. The van der Waals surface area contributed by atoms with Crippen molar-refractivity contribution in [1.29, 1.82) is 5.26 Å². The first-order valence-electron chi connectivity index (χ1n) is 10.2. The number of nitrogens with one attached hydrogen (secondary N) is 1. The van der Waals surface area contributed by atoms with Gasteiger partial charge in [0.2, 0.25) is 0 Å². The molecule has 0 bridgehead atoms. The number of hydrogen-bond acceptors (Lipinski definition) is 3. The summed E-state index contributed by atoms with van der Waals surface area (Å²) in [6.45, 7) is 4.38. The number of halogens is 1. The fourth-order valence-electron chi connectivity index (χ4n) is 3.71. The first kappa shape index (κ1) is 21.2. The summed E-state index contributed by atoms with van der Waals surface area (Å²) in [7, 11) is 0. The Bertz CT molecular complexity index is 879. The van der Waals surface area contributed by atoms with Crippen molar-refractivity contribution >= 4 is 17.5 Å².